The molecule has 1 aromatic heterocycles. The van der Waals surface area contributed by atoms with Gasteiger partial charge in [-0.3, -0.25) is 0 Å². The van der Waals surface area contributed by atoms with Gasteiger partial charge in [0.15, 0.2) is 0 Å². The summed E-state index contributed by atoms with van der Waals surface area (Å²) in [5.41, 5.74) is 0.183. The molecule has 5 heteroatoms. The van der Waals surface area contributed by atoms with Gasteiger partial charge < -0.3 is 10.4 Å². The summed E-state index contributed by atoms with van der Waals surface area (Å²) in [5, 5.41) is 12.0. The van der Waals surface area contributed by atoms with E-state index in [0.717, 1.165) is 0 Å². The second-order valence-corrected chi connectivity index (χ2v) is 3.14. The molecule has 0 atom stereocenters. The summed E-state index contributed by atoms with van der Waals surface area (Å²) in [5.74, 6) is -0.521. The molecule has 0 aliphatic carbocycles. The number of halogens is 1. The van der Waals surface area contributed by atoms with Crippen molar-refractivity contribution in [1.82, 2.24) is 4.98 Å². The Hall–Kier alpha value is -1.55. The molecule has 0 aliphatic rings. The highest BCUT2D eigenvalue weighted by molar-refractivity contribution is 6.29. The third-order valence-electron chi connectivity index (χ3n) is 1.47. The number of carboxylic acid groups (broad SMARTS) is 1. The lowest BCUT2D eigenvalue weighted by Crippen LogP contribution is -2.04. The number of hydrogen-bond acceptors (Lipinski definition) is 3. The van der Waals surface area contributed by atoms with Gasteiger partial charge in [-0.1, -0.05) is 18.2 Å². The van der Waals surface area contributed by atoms with E-state index in [4.69, 9.17) is 16.7 Å². The number of aromatic nitrogens is 1. The Morgan fingerprint density at radius 1 is 1.71 bits per heavy atom. The molecule has 0 fully saturated rings. The molecule has 1 rings (SSSR count). The molecule has 0 bridgehead atoms. The number of nitrogens with zero attached hydrogens (tertiary/aromatic N) is 1. The molecule has 0 saturated heterocycles. The highest BCUT2D eigenvalue weighted by atomic mass is 35.5. The first-order valence-corrected chi connectivity index (χ1v) is 4.24. The fourth-order valence-corrected chi connectivity index (χ4v) is 0.914. The number of rotatable bonds is 4. The summed E-state index contributed by atoms with van der Waals surface area (Å²) in [7, 11) is 0. The highest BCUT2D eigenvalue weighted by Gasteiger charge is 2.03. The number of hydrogen-bond donors (Lipinski definition) is 2. The van der Waals surface area contributed by atoms with Gasteiger partial charge in [-0.25, -0.2) is 9.78 Å². The van der Waals surface area contributed by atoms with Crippen molar-refractivity contribution in [2.24, 2.45) is 0 Å². The number of carboxylic acids is 1. The molecule has 0 saturated carbocycles. The second-order valence-electron chi connectivity index (χ2n) is 2.61. The number of carbonyl (C=O) groups is 1. The number of nitrogens with one attached hydrogen (secondary N) is 1. The van der Waals surface area contributed by atoms with Crippen molar-refractivity contribution in [2.45, 2.75) is 0 Å². The van der Waals surface area contributed by atoms with Gasteiger partial charge >= 0.3 is 5.97 Å². The van der Waals surface area contributed by atoms with Crippen molar-refractivity contribution in [2.75, 3.05) is 11.9 Å². The van der Waals surface area contributed by atoms with Gasteiger partial charge in [0, 0.05) is 11.2 Å². The maximum Gasteiger partial charge on any atom is 0.335 e. The van der Waals surface area contributed by atoms with Crippen molar-refractivity contribution in [1.29, 1.82) is 0 Å². The summed E-state index contributed by atoms with van der Waals surface area (Å²) in [4.78, 5) is 14.5. The van der Waals surface area contributed by atoms with Crippen molar-refractivity contribution in [3.8, 4) is 0 Å². The predicted molar refractivity (Wildman–Crippen MR) is 54.7 cm³/mol. The third kappa shape index (κ3) is 3.06. The lowest BCUT2D eigenvalue weighted by atomic mass is 10.2. The minimum Gasteiger partial charge on any atom is -0.478 e. The van der Waals surface area contributed by atoms with Crippen LogP contribution >= 0.6 is 11.6 Å². The first-order valence-electron chi connectivity index (χ1n) is 3.86. The third-order valence-corrected chi connectivity index (χ3v) is 1.60. The average molecular weight is 213 g/mol. The van der Waals surface area contributed by atoms with E-state index >= 15 is 0 Å². The molecule has 0 spiro atoms. The van der Waals surface area contributed by atoms with Crippen LogP contribution in [0, 0.1) is 0 Å². The lowest BCUT2D eigenvalue weighted by Gasteiger charge is -2.03. The van der Waals surface area contributed by atoms with Crippen LogP contribution in [0.3, 0.4) is 0 Å². The van der Waals surface area contributed by atoms with Crippen LogP contribution in [0.1, 0.15) is 10.4 Å². The molecule has 74 valence electrons. The van der Waals surface area contributed by atoms with Crippen LogP contribution in [0.25, 0.3) is 0 Å². The van der Waals surface area contributed by atoms with E-state index in [0.29, 0.717) is 17.4 Å². The molecule has 1 heterocycles. The standard InChI is InChI=1S/C9H9ClN2O2/c1-6(10)5-12-8-4-7(9(13)14)2-3-11-8/h2-4H,1,5H2,(H,11,12)(H,13,14). The predicted octanol–water partition coefficient (Wildman–Crippen LogP) is 1.94. The first kappa shape index (κ1) is 10.5. The Morgan fingerprint density at radius 3 is 3.00 bits per heavy atom. The van der Waals surface area contributed by atoms with E-state index in [2.05, 4.69) is 16.9 Å². The Kier molecular flexibility index (Phi) is 3.48. The van der Waals surface area contributed by atoms with E-state index < -0.39 is 5.97 Å². The lowest BCUT2D eigenvalue weighted by molar-refractivity contribution is 0.0697. The maximum absolute atomic E-state index is 10.6. The van der Waals surface area contributed by atoms with Gasteiger partial charge in [-0.05, 0) is 12.1 Å². The van der Waals surface area contributed by atoms with Crippen molar-refractivity contribution >= 4 is 23.4 Å². The van der Waals surface area contributed by atoms with Gasteiger partial charge in [0.05, 0.1) is 12.1 Å². The molecule has 0 aliphatic heterocycles. The first-order chi connectivity index (χ1) is 6.59. The van der Waals surface area contributed by atoms with Crippen molar-refractivity contribution in [3.63, 3.8) is 0 Å². The highest BCUT2D eigenvalue weighted by Crippen LogP contribution is 2.07. The molecule has 0 aromatic carbocycles. The summed E-state index contributed by atoms with van der Waals surface area (Å²) < 4.78 is 0. The van der Waals surface area contributed by atoms with Crippen molar-refractivity contribution < 1.29 is 9.90 Å². The zero-order valence-electron chi connectivity index (χ0n) is 7.33. The van der Waals surface area contributed by atoms with E-state index in [1.165, 1.54) is 18.3 Å². The van der Waals surface area contributed by atoms with Crippen molar-refractivity contribution in [3.05, 3.63) is 35.5 Å². The molecule has 2 N–H and O–H groups in total. The van der Waals surface area contributed by atoms with Crippen LogP contribution < -0.4 is 5.32 Å². The molecule has 1 aromatic rings. The smallest absolute Gasteiger partial charge is 0.335 e. The molecule has 14 heavy (non-hydrogen) atoms. The van der Waals surface area contributed by atoms with Crippen LogP contribution in [0.15, 0.2) is 29.9 Å². The summed E-state index contributed by atoms with van der Waals surface area (Å²) in [6.07, 6.45) is 1.42. The quantitative estimate of drug-likeness (QED) is 0.801. The Labute approximate surface area is 86.2 Å². The Balaban J connectivity index is 2.73. The average Bonchev–Trinajstić information content (AvgIpc) is 2.15. The monoisotopic (exact) mass is 212 g/mol. The summed E-state index contributed by atoms with van der Waals surface area (Å²) >= 11 is 5.53. The SMILES string of the molecule is C=C(Cl)CNc1cc(C(=O)O)ccn1. The zero-order chi connectivity index (χ0) is 10.6. The molecule has 0 unspecified atom stereocenters. The fourth-order valence-electron chi connectivity index (χ4n) is 0.847. The minimum absolute atomic E-state index is 0.183. The molecular weight excluding hydrogens is 204 g/mol. The minimum atomic E-state index is -0.986. The second kappa shape index (κ2) is 4.62. The summed E-state index contributed by atoms with van der Waals surface area (Å²) in [6.45, 7) is 3.85. The van der Waals surface area contributed by atoms with E-state index in [1.807, 2.05) is 0 Å². The van der Waals surface area contributed by atoms with E-state index in [-0.39, 0.29) is 5.56 Å². The number of anilines is 1. The van der Waals surface area contributed by atoms with Gasteiger partial charge in [-0.15, -0.1) is 0 Å². The van der Waals surface area contributed by atoms with Crippen LogP contribution in [-0.4, -0.2) is 22.6 Å². The zero-order valence-corrected chi connectivity index (χ0v) is 8.08. The van der Waals surface area contributed by atoms with E-state index in [9.17, 15) is 4.79 Å². The maximum atomic E-state index is 10.6. The van der Waals surface area contributed by atoms with Gasteiger partial charge in [0.2, 0.25) is 0 Å². The Bertz CT molecular complexity index is 366. The topological polar surface area (TPSA) is 62.2 Å². The van der Waals surface area contributed by atoms with Gasteiger partial charge in [0.25, 0.3) is 0 Å². The molecular formula is C9H9ClN2O2. The number of aromatic carboxylic acids is 1. The molecule has 0 amide bonds. The van der Waals surface area contributed by atoms with Gasteiger partial charge in [-0.2, -0.15) is 0 Å². The number of pyridine rings is 1. The molecule has 4 nitrogen and oxygen atoms in total. The fraction of sp³-hybridized carbons (Fsp3) is 0.111. The van der Waals surface area contributed by atoms with Crippen LogP contribution in [-0.2, 0) is 0 Å². The van der Waals surface area contributed by atoms with Crippen LogP contribution in [0.5, 0.6) is 0 Å². The van der Waals surface area contributed by atoms with E-state index in [1.54, 1.807) is 0 Å². The largest absolute Gasteiger partial charge is 0.478 e. The van der Waals surface area contributed by atoms with Gasteiger partial charge in [0.1, 0.15) is 5.82 Å². The Morgan fingerprint density at radius 2 is 2.43 bits per heavy atom. The molecule has 0 radical (unpaired) electrons. The van der Waals surface area contributed by atoms with Crippen LogP contribution in [0.4, 0.5) is 5.82 Å². The normalized spacial score (nSPS) is 9.50. The van der Waals surface area contributed by atoms with Crippen LogP contribution in [0.2, 0.25) is 0 Å². The summed E-state index contributed by atoms with van der Waals surface area (Å²) in [6, 6.07) is 2.85.